The standard InChI is InChI=1S/C11H16N4S/c1-14-5-3-4-9(8-14)15(2)11-13-7-10(6-12)16-11/h7,9H,3-5,8H2,1-2H3. The summed E-state index contributed by atoms with van der Waals surface area (Å²) in [5.41, 5.74) is 0. The van der Waals surface area contributed by atoms with E-state index in [0.29, 0.717) is 10.9 Å². The van der Waals surface area contributed by atoms with Gasteiger partial charge in [-0.3, -0.25) is 0 Å². The minimum absolute atomic E-state index is 0.524. The van der Waals surface area contributed by atoms with Gasteiger partial charge in [0.1, 0.15) is 10.9 Å². The predicted molar refractivity (Wildman–Crippen MR) is 65.8 cm³/mol. The molecular formula is C11H16N4S. The first-order chi connectivity index (χ1) is 7.70. The van der Waals surface area contributed by atoms with E-state index in [0.717, 1.165) is 11.7 Å². The molecule has 0 spiro atoms. The fourth-order valence-corrected chi connectivity index (χ4v) is 2.84. The molecule has 2 rings (SSSR count). The van der Waals surface area contributed by atoms with Gasteiger partial charge >= 0.3 is 0 Å². The molecule has 1 atom stereocenters. The molecule has 4 nitrogen and oxygen atoms in total. The third kappa shape index (κ3) is 2.34. The SMILES string of the molecule is CN1CCCC(N(C)c2ncc(C#N)s2)C1. The van der Waals surface area contributed by atoms with Gasteiger partial charge in [0, 0.05) is 19.6 Å². The lowest BCUT2D eigenvalue weighted by Gasteiger charge is -2.35. The zero-order chi connectivity index (χ0) is 11.5. The number of anilines is 1. The Hall–Kier alpha value is -1.12. The van der Waals surface area contributed by atoms with E-state index >= 15 is 0 Å². The van der Waals surface area contributed by atoms with Crippen LogP contribution in [0.3, 0.4) is 0 Å². The second-order valence-corrected chi connectivity index (χ2v) is 5.30. The van der Waals surface area contributed by atoms with Crippen LogP contribution in [0.1, 0.15) is 17.7 Å². The molecule has 2 heterocycles. The maximum atomic E-state index is 8.78. The van der Waals surface area contributed by atoms with Crippen molar-refractivity contribution < 1.29 is 0 Å². The van der Waals surface area contributed by atoms with E-state index in [9.17, 15) is 0 Å². The number of aromatic nitrogens is 1. The highest BCUT2D eigenvalue weighted by atomic mass is 32.1. The van der Waals surface area contributed by atoms with Crippen LogP contribution < -0.4 is 4.90 Å². The van der Waals surface area contributed by atoms with Gasteiger partial charge in [0.2, 0.25) is 0 Å². The molecule has 1 fully saturated rings. The molecule has 0 bridgehead atoms. The Balaban J connectivity index is 2.06. The van der Waals surface area contributed by atoms with Crippen molar-refractivity contribution in [2.24, 2.45) is 0 Å². The van der Waals surface area contributed by atoms with Gasteiger partial charge in [-0.25, -0.2) is 4.98 Å². The number of nitriles is 1. The Labute approximate surface area is 100 Å². The van der Waals surface area contributed by atoms with E-state index in [1.807, 2.05) is 0 Å². The van der Waals surface area contributed by atoms with E-state index < -0.39 is 0 Å². The molecule has 0 amide bonds. The topological polar surface area (TPSA) is 43.2 Å². The van der Waals surface area contributed by atoms with Crippen LogP contribution in [0.4, 0.5) is 5.13 Å². The molecule has 1 saturated heterocycles. The molecule has 1 unspecified atom stereocenters. The van der Waals surface area contributed by atoms with E-state index in [2.05, 4.69) is 34.9 Å². The minimum atomic E-state index is 0.524. The second kappa shape index (κ2) is 4.81. The van der Waals surface area contributed by atoms with Crippen molar-refractivity contribution in [3.63, 3.8) is 0 Å². The first-order valence-corrected chi connectivity index (χ1v) is 6.29. The van der Waals surface area contributed by atoms with E-state index in [1.54, 1.807) is 6.20 Å². The molecule has 5 heteroatoms. The molecule has 1 aliphatic rings. The van der Waals surface area contributed by atoms with Crippen LogP contribution in [0.25, 0.3) is 0 Å². The van der Waals surface area contributed by atoms with Crippen molar-refractivity contribution in [1.82, 2.24) is 9.88 Å². The molecule has 0 radical (unpaired) electrons. The number of piperidine rings is 1. The summed E-state index contributed by atoms with van der Waals surface area (Å²) >= 11 is 1.47. The summed E-state index contributed by atoms with van der Waals surface area (Å²) in [6, 6.07) is 2.66. The Kier molecular flexibility index (Phi) is 3.42. The number of rotatable bonds is 2. The Morgan fingerprint density at radius 2 is 2.50 bits per heavy atom. The molecular weight excluding hydrogens is 220 g/mol. The second-order valence-electron chi connectivity index (χ2n) is 4.29. The highest BCUT2D eigenvalue weighted by Crippen LogP contribution is 2.25. The zero-order valence-corrected chi connectivity index (χ0v) is 10.5. The number of hydrogen-bond acceptors (Lipinski definition) is 5. The number of likely N-dealkylation sites (tertiary alicyclic amines) is 1. The Morgan fingerprint density at radius 3 is 3.12 bits per heavy atom. The van der Waals surface area contributed by atoms with Gasteiger partial charge in [0.15, 0.2) is 5.13 Å². The van der Waals surface area contributed by atoms with Crippen molar-refractivity contribution in [2.75, 3.05) is 32.1 Å². The van der Waals surface area contributed by atoms with Crippen LogP contribution in [0, 0.1) is 11.3 Å². The third-order valence-corrected chi connectivity index (χ3v) is 4.05. The highest BCUT2D eigenvalue weighted by Gasteiger charge is 2.22. The summed E-state index contributed by atoms with van der Waals surface area (Å²) in [5.74, 6) is 0. The summed E-state index contributed by atoms with van der Waals surface area (Å²) in [5, 5.41) is 9.73. The Morgan fingerprint density at radius 1 is 1.69 bits per heavy atom. The van der Waals surface area contributed by atoms with Crippen LogP contribution in [-0.4, -0.2) is 43.1 Å². The average molecular weight is 236 g/mol. The van der Waals surface area contributed by atoms with Gasteiger partial charge in [-0.05, 0) is 26.4 Å². The lowest BCUT2D eigenvalue weighted by atomic mass is 10.1. The molecule has 0 N–H and O–H groups in total. The van der Waals surface area contributed by atoms with Crippen LogP contribution in [0.2, 0.25) is 0 Å². The maximum absolute atomic E-state index is 8.78. The molecule has 1 aromatic heterocycles. The van der Waals surface area contributed by atoms with Crippen LogP contribution in [0.5, 0.6) is 0 Å². The average Bonchev–Trinajstić information content (AvgIpc) is 2.76. The normalized spacial score (nSPS) is 21.7. The van der Waals surface area contributed by atoms with Crippen molar-refractivity contribution in [3.8, 4) is 6.07 Å². The largest absolute Gasteiger partial charge is 0.347 e. The van der Waals surface area contributed by atoms with Crippen molar-refractivity contribution >= 4 is 16.5 Å². The molecule has 86 valence electrons. The van der Waals surface area contributed by atoms with Crippen LogP contribution in [0.15, 0.2) is 6.20 Å². The van der Waals surface area contributed by atoms with Gasteiger partial charge in [0.05, 0.1) is 6.20 Å². The molecule has 1 aliphatic heterocycles. The van der Waals surface area contributed by atoms with Gasteiger partial charge in [0.25, 0.3) is 0 Å². The van der Waals surface area contributed by atoms with Gasteiger partial charge < -0.3 is 9.80 Å². The third-order valence-electron chi connectivity index (χ3n) is 3.05. The first kappa shape index (κ1) is 11.4. The monoisotopic (exact) mass is 236 g/mol. The van der Waals surface area contributed by atoms with Crippen molar-refractivity contribution in [3.05, 3.63) is 11.1 Å². The van der Waals surface area contributed by atoms with Gasteiger partial charge in [-0.15, -0.1) is 0 Å². The lowest BCUT2D eigenvalue weighted by molar-refractivity contribution is 0.248. The summed E-state index contributed by atoms with van der Waals surface area (Å²) < 4.78 is 0. The van der Waals surface area contributed by atoms with Crippen molar-refractivity contribution in [2.45, 2.75) is 18.9 Å². The fraction of sp³-hybridized carbons (Fsp3) is 0.636. The zero-order valence-electron chi connectivity index (χ0n) is 9.68. The Bertz CT molecular complexity index is 395. The summed E-state index contributed by atoms with van der Waals surface area (Å²) in [6.45, 7) is 2.27. The molecule has 0 aromatic carbocycles. The predicted octanol–water partition coefficient (Wildman–Crippen LogP) is 1.55. The van der Waals surface area contributed by atoms with E-state index in [1.165, 1.54) is 30.7 Å². The van der Waals surface area contributed by atoms with E-state index in [-0.39, 0.29) is 0 Å². The molecule has 16 heavy (non-hydrogen) atoms. The lowest BCUT2D eigenvalue weighted by Crippen LogP contribution is -2.45. The summed E-state index contributed by atoms with van der Waals surface area (Å²) in [4.78, 5) is 9.54. The summed E-state index contributed by atoms with van der Waals surface area (Å²) in [7, 11) is 4.23. The molecule has 0 aliphatic carbocycles. The smallest absolute Gasteiger partial charge is 0.186 e. The highest BCUT2D eigenvalue weighted by molar-refractivity contribution is 7.16. The van der Waals surface area contributed by atoms with Crippen LogP contribution >= 0.6 is 11.3 Å². The first-order valence-electron chi connectivity index (χ1n) is 5.48. The number of thiazole rings is 1. The van der Waals surface area contributed by atoms with Crippen LogP contribution in [-0.2, 0) is 0 Å². The van der Waals surface area contributed by atoms with Crippen molar-refractivity contribution in [1.29, 1.82) is 5.26 Å². The number of likely N-dealkylation sites (N-methyl/N-ethyl adjacent to an activating group) is 2. The van der Waals surface area contributed by atoms with Gasteiger partial charge in [-0.1, -0.05) is 11.3 Å². The van der Waals surface area contributed by atoms with Gasteiger partial charge in [-0.2, -0.15) is 5.26 Å². The molecule has 0 saturated carbocycles. The van der Waals surface area contributed by atoms with E-state index in [4.69, 9.17) is 5.26 Å². The molecule has 1 aromatic rings. The quantitative estimate of drug-likeness (QED) is 0.781. The minimum Gasteiger partial charge on any atom is -0.347 e. The fourth-order valence-electron chi connectivity index (χ4n) is 2.09. The maximum Gasteiger partial charge on any atom is 0.186 e. The summed E-state index contributed by atoms with van der Waals surface area (Å²) in [6.07, 6.45) is 4.10. The number of hydrogen-bond donors (Lipinski definition) is 0. The number of nitrogens with zero attached hydrogens (tertiary/aromatic N) is 4.